The number of fused-ring (bicyclic) bond motifs is 1. The van der Waals surface area contributed by atoms with E-state index >= 15 is 0 Å². The Morgan fingerprint density at radius 2 is 1.83 bits per heavy atom. The lowest BCUT2D eigenvalue weighted by Crippen LogP contribution is -2.30. The lowest BCUT2D eigenvalue weighted by atomic mass is 10.1. The van der Waals surface area contributed by atoms with Crippen molar-refractivity contribution in [1.29, 1.82) is 0 Å². The topological polar surface area (TPSA) is 82.4 Å². The van der Waals surface area contributed by atoms with Crippen molar-refractivity contribution in [2.75, 3.05) is 19.8 Å². The highest BCUT2D eigenvalue weighted by Crippen LogP contribution is 2.17. The van der Waals surface area contributed by atoms with Gasteiger partial charge in [-0.15, -0.1) is 0 Å². The first kappa shape index (κ1) is 20.4. The van der Waals surface area contributed by atoms with E-state index in [9.17, 15) is 9.59 Å². The molecule has 1 heterocycles. The van der Waals surface area contributed by atoms with Gasteiger partial charge in [0.2, 0.25) is 5.91 Å². The summed E-state index contributed by atoms with van der Waals surface area (Å²) in [6.45, 7) is 5.49. The van der Waals surface area contributed by atoms with Gasteiger partial charge in [-0.2, -0.15) is 0 Å². The average Bonchev–Trinajstić information content (AvgIpc) is 2.73. The summed E-state index contributed by atoms with van der Waals surface area (Å²) in [6, 6.07) is 12.8. The molecule has 7 heteroatoms. The summed E-state index contributed by atoms with van der Waals surface area (Å²) in [5, 5.41) is 3.36. The molecule has 0 spiro atoms. The van der Waals surface area contributed by atoms with Crippen LogP contribution in [0.4, 0.5) is 0 Å². The fraction of sp³-hybridized carbons (Fsp3) is 0.318. The van der Waals surface area contributed by atoms with Gasteiger partial charge in [0.15, 0.2) is 0 Å². The molecule has 0 saturated heterocycles. The number of carbonyl (C=O) groups is 1. The number of nitrogens with zero attached hydrogens (tertiary/aromatic N) is 2. The molecule has 0 atom stereocenters. The zero-order valence-electron chi connectivity index (χ0n) is 16.7. The van der Waals surface area contributed by atoms with Crippen molar-refractivity contribution in [3.8, 4) is 11.5 Å². The normalized spacial score (nSPS) is 10.7. The molecule has 0 saturated carbocycles. The van der Waals surface area contributed by atoms with Gasteiger partial charge in [0, 0.05) is 13.0 Å². The van der Waals surface area contributed by atoms with Crippen molar-refractivity contribution in [1.82, 2.24) is 14.9 Å². The summed E-state index contributed by atoms with van der Waals surface area (Å²) >= 11 is 0. The fourth-order valence-corrected chi connectivity index (χ4v) is 2.97. The van der Waals surface area contributed by atoms with Gasteiger partial charge in [0.1, 0.15) is 18.1 Å². The number of nitrogens with one attached hydrogen (secondary N) is 1. The third kappa shape index (κ3) is 5.34. The fourth-order valence-electron chi connectivity index (χ4n) is 2.97. The molecular formula is C22H25N3O4. The molecule has 0 fully saturated rings. The number of aromatic nitrogens is 2. The Bertz CT molecular complexity index is 1030. The largest absolute Gasteiger partial charge is 0.494 e. The molecule has 0 bridgehead atoms. The van der Waals surface area contributed by atoms with Crippen LogP contribution in [-0.4, -0.2) is 35.2 Å². The molecule has 2 aromatic carbocycles. The molecule has 0 aliphatic rings. The number of para-hydroxylation sites is 1. The van der Waals surface area contributed by atoms with Crippen LogP contribution in [-0.2, 0) is 11.3 Å². The van der Waals surface area contributed by atoms with Crippen LogP contribution in [0.2, 0.25) is 0 Å². The van der Waals surface area contributed by atoms with Crippen LogP contribution < -0.4 is 20.3 Å². The minimum atomic E-state index is -0.142. The molecule has 152 valence electrons. The van der Waals surface area contributed by atoms with Crippen molar-refractivity contribution in [3.05, 3.63) is 64.7 Å². The SMILES string of the molecule is CCOc1ccc(OCCNC(=O)CCn2cnc3c(C)cccc3c2=O)cc1. The molecular weight excluding hydrogens is 370 g/mol. The Morgan fingerprint density at radius 3 is 2.55 bits per heavy atom. The number of hydrogen-bond donors (Lipinski definition) is 1. The lowest BCUT2D eigenvalue weighted by Gasteiger charge is -2.10. The number of aryl methyl sites for hydroxylation is 2. The van der Waals surface area contributed by atoms with E-state index in [1.165, 1.54) is 10.9 Å². The van der Waals surface area contributed by atoms with Crippen LogP contribution in [0, 0.1) is 6.92 Å². The predicted molar refractivity (Wildman–Crippen MR) is 111 cm³/mol. The Balaban J connectivity index is 1.44. The Hall–Kier alpha value is -3.35. The molecule has 1 amide bonds. The van der Waals surface area contributed by atoms with Gasteiger partial charge in [0.05, 0.1) is 30.4 Å². The molecule has 1 N–H and O–H groups in total. The van der Waals surface area contributed by atoms with Gasteiger partial charge in [-0.05, 0) is 49.7 Å². The highest BCUT2D eigenvalue weighted by atomic mass is 16.5. The van der Waals surface area contributed by atoms with E-state index in [-0.39, 0.29) is 24.4 Å². The van der Waals surface area contributed by atoms with E-state index in [1.807, 2.05) is 50.2 Å². The standard InChI is InChI=1S/C22H25N3O4/c1-3-28-17-7-9-18(10-8-17)29-14-12-23-20(26)11-13-25-15-24-21-16(2)5-4-6-19(21)22(25)27/h4-10,15H,3,11-14H2,1-2H3,(H,23,26). The van der Waals surface area contributed by atoms with E-state index in [4.69, 9.17) is 9.47 Å². The first-order valence-corrected chi connectivity index (χ1v) is 9.65. The Morgan fingerprint density at radius 1 is 1.10 bits per heavy atom. The zero-order chi connectivity index (χ0) is 20.6. The van der Waals surface area contributed by atoms with E-state index in [0.717, 1.165) is 11.3 Å². The molecule has 0 aliphatic carbocycles. The summed E-state index contributed by atoms with van der Waals surface area (Å²) in [4.78, 5) is 28.9. The number of hydrogen-bond acceptors (Lipinski definition) is 5. The maximum absolute atomic E-state index is 12.5. The van der Waals surface area contributed by atoms with Gasteiger partial charge in [-0.3, -0.25) is 14.2 Å². The first-order chi connectivity index (χ1) is 14.1. The highest BCUT2D eigenvalue weighted by Gasteiger charge is 2.08. The van der Waals surface area contributed by atoms with E-state index in [0.29, 0.717) is 36.4 Å². The first-order valence-electron chi connectivity index (χ1n) is 9.65. The van der Waals surface area contributed by atoms with Crippen LogP contribution in [0.15, 0.2) is 53.6 Å². The van der Waals surface area contributed by atoms with Gasteiger partial charge in [-0.1, -0.05) is 12.1 Å². The number of carbonyl (C=O) groups excluding carboxylic acids is 1. The second kappa shape index (κ2) is 9.73. The van der Waals surface area contributed by atoms with Crippen molar-refractivity contribution in [2.24, 2.45) is 0 Å². The molecule has 0 aliphatic heterocycles. The van der Waals surface area contributed by atoms with Crippen molar-refractivity contribution < 1.29 is 14.3 Å². The van der Waals surface area contributed by atoms with Gasteiger partial charge < -0.3 is 14.8 Å². The van der Waals surface area contributed by atoms with Crippen LogP contribution in [0.5, 0.6) is 11.5 Å². The van der Waals surface area contributed by atoms with Crippen LogP contribution in [0.3, 0.4) is 0 Å². The summed E-state index contributed by atoms with van der Waals surface area (Å²) in [6.07, 6.45) is 1.70. The van der Waals surface area contributed by atoms with E-state index < -0.39 is 0 Å². The maximum Gasteiger partial charge on any atom is 0.261 e. The quantitative estimate of drug-likeness (QED) is 0.563. The van der Waals surface area contributed by atoms with Gasteiger partial charge in [-0.25, -0.2) is 4.98 Å². The molecule has 29 heavy (non-hydrogen) atoms. The van der Waals surface area contributed by atoms with Crippen molar-refractivity contribution in [2.45, 2.75) is 26.8 Å². The second-order valence-corrected chi connectivity index (χ2v) is 6.57. The molecule has 0 radical (unpaired) electrons. The van der Waals surface area contributed by atoms with Crippen LogP contribution in [0.1, 0.15) is 18.9 Å². The van der Waals surface area contributed by atoms with Gasteiger partial charge in [0.25, 0.3) is 5.56 Å². The molecule has 7 nitrogen and oxygen atoms in total. The Kier molecular flexibility index (Phi) is 6.84. The zero-order valence-corrected chi connectivity index (χ0v) is 16.7. The molecule has 0 unspecified atom stereocenters. The lowest BCUT2D eigenvalue weighted by molar-refractivity contribution is -0.121. The van der Waals surface area contributed by atoms with E-state index in [1.54, 1.807) is 6.07 Å². The average molecular weight is 395 g/mol. The number of amides is 1. The molecule has 3 aromatic rings. The monoisotopic (exact) mass is 395 g/mol. The van der Waals surface area contributed by atoms with Crippen molar-refractivity contribution in [3.63, 3.8) is 0 Å². The van der Waals surface area contributed by atoms with Crippen LogP contribution in [0.25, 0.3) is 10.9 Å². The second-order valence-electron chi connectivity index (χ2n) is 6.57. The summed E-state index contributed by atoms with van der Waals surface area (Å²) in [5.41, 5.74) is 1.52. The third-order valence-corrected chi connectivity index (χ3v) is 4.46. The highest BCUT2D eigenvalue weighted by molar-refractivity contribution is 5.80. The number of ether oxygens (including phenoxy) is 2. The minimum Gasteiger partial charge on any atom is -0.494 e. The Labute approximate surface area is 169 Å². The summed E-state index contributed by atoms with van der Waals surface area (Å²) in [5.74, 6) is 1.37. The van der Waals surface area contributed by atoms with Crippen LogP contribution >= 0.6 is 0 Å². The molecule has 1 aromatic heterocycles. The van der Waals surface area contributed by atoms with Gasteiger partial charge >= 0.3 is 0 Å². The van der Waals surface area contributed by atoms with E-state index in [2.05, 4.69) is 10.3 Å². The number of rotatable bonds is 9. The smallest absolute Gasteiger partial charge is 0.261 e. The third-order valence-electron chi connectivity index (χ3n) is 4.46. The summed E-state index contributed by atoms with van der Waals surface area (Å²) in [7, 11) is 0. The maximum atomic E-state index is 12.5. The number of benzene rings is 2. The minimum absolute atomic E-state index is 0.134. The summed E-state index contributed by atoms with van der Waals surface area (Å²) < 4.78 is 12.4. The predicted octanol–water partition coefficient (Wildman–Crippen LogP) is 2.69. The molecule has 3 rings (SSSR count). The van der Waals surface area contributed by atoms with Crippen molar-refractivity contribution >= 4 is 16.8 Å².